The van der Waals surface area contributed by atoms with E-state index in [1.165, 1.54) is 15.5 Å². The van der Waals surface area contributed by atoms with Crippen molar-refractivity contribution in [2.75, 3.05) is 20.2 Å². The number of rotatable bonds is 5. The van der Waals surface area contributed by atoms with Gasteiger partial charge in [0.15, 0.2) is 0 Å². The van der Waals surface area contributed by atoms with Gasteiger partial charge in [-0.05, 0) is 22.0 Å². The van der Waals surface area contributed by atoms with Gasteiger partial charge in [-0.1, -0.05) is 0 Å². The molecule has 0 unspecified atom stereocenters. The molecule has 0 saturated heterocycles. The van der Waals surface area contributed by atoms with Crippen LogP contribution in [0, 0.1) is 0 Å². The lowest BCUT2D eigenvalue weighted by atomic mass is 10.3. The molecule has 0 aliphatic carbocycles. The van der Waals surface area contributed by atoms with Gasteiger partial charge in [0.05, 0.1) is 6.61 Å². The van der Waals surface area contributed by atoms with Crippen LogP contribution in [0.25, 0.3) is 0 Å². The number of aliphatic hydroxyl groups is 1. The molecule has 1 amide bonds. The Bertz CT molecular complexity index is 445. The molecule has 0 radical (unpaired) electrons. The zero-order valence-corrected chi connectivity index (χ0v) is 11.2. The van der Waals surface area contributed by atoms with Gasteiger partial charge < -0.3 is 14.6 Å². The quantitative estimate of drug-likeness (QED) is 0.859. The standard InChI is InChI=1S/C11H15BrN2O3/c1-13(6-7-15)10(16)4-5-14-8-9(12)2-3-11(14)17/h2-3,8,15H,4-7H2,1H3. The summed E-state index contributed by atoms with van der Waals surface area (Å²) in [6.07, 6.45) is 1.90. The highest BCUT2D eigenvalue weighted by Gasteiger charge is 2.08. The second-order valence-electron chi connectivity index (χ2n) is 3.67. The highest BCUT2D eigenvalue weighted by atomic mass is 79.9. The summed E-state index contributed by atoms with van der Waals surface area (Å²) in [6, 6.07) is 3.12. The van der Waals surface area contributed by atoms with Crippen LogP contribution in [-0.4, -0.2) is 40.7 Å². The second-order valence-corrected chi connectivity index (χ2v) is 4.58. The van der Waals surface area contributed by atoms with E-state index in [0.717, 1.165) is 4.47 Å². The molecule has 1 heterocycles. The molecule has 0 saturated carbocycles. The van der Waals surface area contributed by atoms with Crippen molar-refractivity contribution in [1.29, 1.82) is 0 Å². The fraction of sp³-hybridized carbons (Fsp3) is 0.455. The number of hydrogen-bond donors (Lipinski definition) is 1. The van der Waals surface area contributed by atoms with Crippen LogP contribution in [0.15, 0.2) is 27.6 Å². The molecular weight excluding hydrogens is 288 g/mol. The number of aliphatic hydroxyl groups excluding tert-OH is 1. The van der Waals surface area contributed by atoms with E-state index in [-0.39, 0.29) is 24.5 Å². The van der Waals surface area contributed by atoms with Crippen molar-refractivity contribution in [3.05, 3.63) is 33.2 Å². The molecule has 17 heavy (non-hydrogen) atoms. The molecule has 0 aromatic carbocycles. The summed E-state index contributed by atoms with van der Waals surface area (Å²) in [6.45, 7) is 0.595. The Balaban J connectivity index is 2.58. The summed E-state index contributed by atoms with van der Waals surface area (Å²) in [5.74, 6) is -0.0917. The summed E-state index contributed by atoms with van der Waals surface area (Å²) in [7, 11) is 1.63. The summed E-state index contributed by atoms with van der Waals surface area (Å²) < 4.78 is 2.28. The highest BCUT2D eigenvalue weighted by Crippen LogP contribution is 2.05. The van der Waals surface area contributed by atoms with E-state index in [0.29, 0.717) is 13.1 Å². The minimum Gasteiger partial charge on any atom is -0.395 e. The van der Waals surface area contributed by atoms with Gasteiger partial charge in [-0.25, -0.2) is 0 Å². The summed E-state index contributed by atoms with van der Waals surface area (Å²) >= 11 is 3.27. The molecule has 1 rings (SSSR count). The van der Waals surface area contributed by atoms with Gasteiger partial charge in [0.2, 0.25) is 5.91 Å². The Morgan fingerprint density at radius 1 is 1.53 bits per heavy atom. The van der Waals surface area contributed by atoms with Gasteiger partial charge in [-0.15, -0.1) is 0 Å². The summed E-state index contributed by atoms with van der Waals surface area (Å²) in [5, 5.41) is 8.70. The predicted molar refractivity (Wildman–Crippen MR) is 67.7 cm³/mol. The van der Waals surface area contributed by atoms with Crippen molar-refractivity contribution in [2.45, 2.75) is 13.0 Å². The average Bonchev–Trinajstić information content (AvgIpc) is 2.30. The van der Waals surface area contributed by atoms with Crippen LogP contribution >= 0.6 is 15.9 Å². The first-order valence-corrected chi connectivity index (χ1v) is 6.04. The van der Waals surface area contributed by atoms with Gasteiger partial charge in [0.1, 0.15) is 0 Å². The Kier molecular flexibility index (Phi) is 5.37. The molecule has 94 valence electrons. The van der Waals surface area contributed by atoms with Gasteiger partial charge in [-0.2, -0.15) is 0 Å². The maximum Gasteiger partial charge on any atom is 0.250 e. The van der Waals surface area contributed by atoms with Crippen LogP contribution in [0.4, 0.5) is 0 Å². The molecule has 0 fully saturated rings. The first-order valence-electron chi connectivity index (χ1n) is 5.25. The molecule has 0 aliphatic rings. The van der Waals surface area contributed by atoms with E-state index in [9.17, 15) is 9.59 Å². The van der Waals surface area contributed by atoms with E-state index in [2.05, 4.69) is 15.9 Å². The van der Waals surface area contributed by atoms with E-state index in [1.54, 1.807) is 19.3 Å². The minimum atomic E-state index is -0.134. The number of halogens is 1. The van der Waals surface area contributed by atoms with E-state index < -0.39 is 0 Å². The zero-order valence-electron chi connectivity index (χ0n) is 9.60. The normalized spacial score (nSPS) is 10.3. The minimum absolute atomic E-state index is 0.0565. The predicted octanol–water partition coefficient (Wildman–Crippen LogP) is 0.452. The van der Waals surface area contributed by atoms with Crippen LogP contribution in [-0.2, 0) is 11.3 Å². The van der Waals surface area contributed by atoms with Gasteiger partial charge in [-0.3, -0.25) is 9.59 Å². The lowest BCUT2D eigenvalue weighted by Crippen LogP contribution is -2.31. The topological polar surface area (TPSA) is 62.5 Å². The number of pyridine rings is 1. The number of hydrogen-bond acceptors (Lipinski definition) is 3. The molecule has 5 nitrogen and oxygen atoms in total. The molecule has 0 bridgehead atoms. The lowest BCUT2D eigenvalue weighted by Gasteiger charge is -2.15. The maximum atomic E-state index is 11.6. The number of amides is 1. The lowest BCUT2D eigenvalue weighted by molar-refractivity contribution is -0.130. The molecule has 1 aromatic heterocycles. The fourth-order valence-corrected chi connectivity index (χ4v) is 1.74. The van der Waals surface area contributed by atoms with Gasteiger partial charge >= 0.3 is 0 Å². The third-order valence-electron chi connectivity index (χ3n) is 2.38. The molecule has 6 heteroatoms. The molecular formula is C11H15BrN2O3. The first kappa shape index (κ1) is 13.9. The van der Waals surface area contributed by atoms with Crippen molar-refractivity contribution in [1.82, 2.24) is 9.47 Å². The first-order chi connectivity index (χ1) is 8.04. The Hall–Kier alpha value is -1.14. The molecule has 0 aliphatic heterocycles. The summed E-state index contributed by atoms with van der Waals surface area (Å²) in [5.41, 5.74) is -0.134. The van der Waals surface area contributed by atoms with Gasteiger partial charge in [0.25, 0.3) is 5.56 Å². The van der Waals surface area contributed by atoms with Crippen molar-refractivity contribution >= 4 is 21.8 Å². The largest absolute Gasteiger partial charge is 0.395 e. The zero-order chi connectivity index (χ0) is 12.8. The smallest absolute Gasteiger partial charge is 0.250 e. The fourth-order valence-electron chi connectivity index (χ4n) is 1.36. The van der Waals surface area contributed by atoms with Crippen LogP contribution < -0.4 is 5.56 Å². The maximum absolute atomic E-state index is 11.6. The van der Waals surface area contributed by atoms with Crippen molar-refractivity contribution < 1.29 is 9.90 Å². The van der Waals surface area contributed by atoms with E-state index >= 15 is 0 Å². The number of aryl methyl sites for hydroxylation is 1. The number of carbonyl (C=O) groups is 1. The molecule has 1 N–H and O–H groups in total. The van der Waals surface area contributed by atoms with E-state index in [1.807, 2.05) is 0 Å². The van der Waals surface area contributed by atoms with E-state index in [4.69, 9.17) is 5.11 Å². The average molecular weight is 303 g/mol. The molecule has 0 atom stereocenters. The Morgan fingerprint density at radius 3 is 2.88 bits per heavy atom. The summed E-state index contributed by atoms with van der Waals surface area (Å²) in [4.78, 5) is 24.5. The second kappa shape index (κ2) is 6.56. The number of carbonyl (C=O) groups excluding carboxylic acids is 1. The SMILES string of the molecule is CN(CCO)C(=O)CCn1cc(Br)ccc1=O. The van der Waals surface area contributed by atoms with Crippen molar-refractivity contribution in [3.63, 3.8) is 0 Å². The van der Waals surface area contributed by atoms with Crippen LogP contribution in [0.2, 0.25) is 0 Å². The molecule has 1 aromatic rings. The third-order valence-corrected chi connectivity index (χ3v) is 2.84. The number of nitrogens with zero attached hydrogens (tertiary/aromatic N) is 2. The molecule has 0 spiro atoms. The van der Waals surface area contributed by atoms with Crippen LogP contribution in [0.5, 0.6) is 0 Å². The van der Waals surface area contributed by atoms with Gasteiger partial charge in [0, 0.05) is 43.3 Å². The van der Waals surface area contributed by atoms with Crippen LogP contribution in [0.1, 0.15) is 6.42 Å². The van der Waals surface area contributed by atoms with Crippen LogP contribution in [0.3, 0.4) is 0 Å². The van der Waals surface area contributed by atoms with Crippen molar-refractivity contribution in [3.8, 4) is 0 Å². The monoisotopic (exact) mass is 302 g/mol. The Morgan fingerprint density at radius 2 is 2.24 bits per heavy atom. The number of likely N-dealkylation sites (N-methyl/N-ethyl adjacent to an activating group) is 1. The Labute approximate surface area is 108 Å². The van der Waals surface area contributed by atoms with Crippen molar-refractivity contribution in [2.24, 2.45) is 0 Å². The third kappa shape index (κ3) is 4.32. The number of aromatic nitrogens is 1. The highest BCUT2D eigenvalue weighted by molar-refractivity contribution is 9.10.